The molecule has 1 aromatic rings. The molecule has 0 saturated carbocycles. The first-order chi connectivity index (χ1) is 11.2. The van der Waals surface area contributed by atoms with Crippen molar-refractivity contribution in [2.45, 2.75) is 39.8 Å². The Bertz CT molecular complexity index is 570. The van der Waals surface area contributed by atoms with Crippen LogP contribution in [0.25, 0.3) is 0 Å². The molecule has 0 unspecified atom stereocenters. The van der Waals surface area contributed by atoms with Gasteiger partial charge in [0.05, 0.1) is 0 Å². The lowest BCUT2D eigenvalue weighted by Crippen LogP contribution is -2.42. The van der Waals surface area contributed by atoms with E-state index in [-0.39, 0.29) is 30.1 Å². The van der Waals surface area contributed by atoms with Crippen molar-refractivity contribution in [2.24, 2.45) is 4.99 Å². The fourth-order valence-electron chi connectivity index (χ4n) is 2.00. The van der Waals surface area contributed by atoms with Crippen LogP contribution in [0, 0.1) is 6.92 Å². The van der Waals surface area contributed by atoms with Crippen LogP contribution in [0.15, 0.2) is 29.3 Å². The van der Waals surface area contributed by atoms with Gasteiger partial charge >= 0.3 is 6.09 Å². The highest BCUT2D eigenvalue weighted by Crippen LogP contribution is 2.08. The second-order valence-electron chi connectivity index (χ2n) is 6.74. The summed E-state index contributed by atoms with van der Waals surface area (Å²) in [6.07, 6.45) is -0.327. The summed E-state index contributed by atoms with van der Waals surface area (Å²) in [5, 5.41) is 6.45. The maximum Gasteiger partial charge on any atom is 0.410 e. The Morgan fingerprint density at radius 2 is 1.96 bits per heavy atom. The van der Waals surface area contributed by atoms with E-state index in [9.17, 15) is 4.79 Å². The third kappa shape index (κ3) is 10.2. The molecular formula is C18H31IN4O2. The van der Waals surface area contributed by atoms with E-state index in [2.05, 4.69) is 40.7 Å². The lowest BCUT2D eigenvalue weighted by atomic mass is 10.1. The van der Waals surface area contributed by atoms with E-state index in [1.165, 1.54) is 11.1 Å². The maximum absolute atomic E-state index is 11.9. The number of rotatable bonds is 5. The molecular weight excluding hydrogens is 431 g/mol. The first kappa shape index (κ1) is 23.5. The van der Waals surface area contributed by atoms with Gasteiger partial charge in [-0.25, -0.2) is 4.79 Å². The summed E-state index contributed by atoms with van der Waals surface area (Å²) >= 11 is 0. The standard InChI is InChI=1S/C18H30N4O2.HI/c1-14-8-7-9-15(12-14)13-21-16(19-5)20-10-11-22(6)17(23)24-18(2,3)4;/h7-9,12H,10-11,13H2,1-6H3,(H2,19,20,21);1H. The molecule has 142 valence electrons. The van der Waals surface area contributed by atoms with Crippen molar-refractivity contribution in [3.8, 4) is 0 Å². The highest BCUT2D eigenvalue weighted by molar-refractivity contribution is 14.0. The number of nitrogens with one attached hydrogen (secondary N) is 2. The minimum Gasteiger partial charge on any atom is -0.444 e. The predicted molar refractivity (Wildman–Crippen MR) is 114 cm³/mol. The topological polar surface area (TPSA) is 66.0 Å². The van der Waals surface area contributed by atoms with Crippen molar-refractivity contribution in [1.29, 1.82) is 0 Å². The van der Waals surface area contributed by atoms with Gasteiger partial charge in [-0.2, -0.15) is 0 Å². The third-order valence-corrected chi connectivity index (χ3v) is 3.21. The van der Waals surface area contributed by atoms with E-state index in [4.69, 9.17) is 4.74 Å². The zero-order valence-corrected chi connectivity index (χ0v) is 18.4. The van der Waals surface area contributed by atoms with Crippen molar-refractivity contribution in [3.05, 3.63) is 35.4 Å². The summed E-state index contributed by atoms with van der Waals surface area (Å²) in [6.45, 7) is 9.45. The fraction of sp³-hybridized carbons (Fsp3) is 0.556. The molecule has 0 atom stereocenters. The van der Waals surface area contributed by atoms with Gasteiger partial charge in [-0.1, -0.05) is 29.8 Å². The zero-order valence-electron chi connectivity index (χ0n) is 16.0. The molecule has 0 heterocycles. The fourth-order valence-corrected chi connectivity index (χ4v) is 2.00. The molecule has 0 aliphatic carbocycles. The number of carbonyl (C=O) groups excluding carboxylic acids is 1. The van der Waals surface area contributed by atoms with Gasteiger partial charge in [-0.15, -0.1) is 24.0 Å². The minimum absolute atomic E-state index is 0. The average Bonchev–Trinajstić information content (AvgIpc) is 2.48. The quantitative estimate of drug-likeness (QED) is 0.401. The number of halogens is 1. The minimum atomic E-state index is -0.482. The van der Waals surface area contributed by atoms with E-state index >= 15 is 0 Å². The first-order valence-electron chi connectivity index (χ1n) is 8.15. The van der Waals surface area contributed by atoms with Crippen LogP contribution < -0.4 is 10.6 Å². The molecule has 0 aliphatic rings. The van der Waals surface area contributed by atoms with Gasteiger partial charge in [0.15, 0.2) is 5.96 Å². The lowest BCUT2D eigenvalue weighted by molar-refractivity contribution is 0.0302. The number of amides is 1. The van der Waals surface area contributed by atoms with Gasteiger partial charge in [-0.05, 0) is 33.3 Å². The van der Waals surface area contributed by atoms with Gasteiger partial charge in [0.1, 0.15) is 5.60 Å². The number of carbonyl (C=O) groups is 1. The Morgan fingerprint density at radius 1 is 1.28 bits per heavy atom. The van der Waals surface area contributed by atoms with E-state index < -0.39 is 5.60 Å². The molecule has 0 spiro atoms. The predicted octanol–water partition coefficient (Wildman–Crippen LogP) is 3.14. The maximum atomic E-state index is 11.9. The second kappa shape index (κ2) is 11.2. The molecule has 1 rings (SSSR count). The number of hydrogen-bond donors (Lipinski definition) is 2. The van der Waals surface area contributed by atoms with Crippen LogP contribution in [0.5, 0.6) is 0 Å². The van der Waals surface area contributed by atoms with Gasteiger partial charge < -0.3 is 20.3 Å². The molecule has 0 radical (unpaired) electrons. The summed E-state index contributed by atoms with van der Waals surface area (Å²) in [6, 6.07) is 8.32. The zero-order chi connectivity index (χ0) is 18.2. The Balaban J connectivity index is 0.00000576. The molecule has 0 saturated heterocycles. The second-order valence-corrected chi connectivity index (χ2v) is 6.74. The number of benzene rings is 1. The summed E-state index contributed by atoms with van der Waals surface area (Å²) in [4.78, 5) is 17.6. The summed E-state index contributed by atoms with van der Waals surface area (Å²) < 4.78 is 5.31. The van der Waals surface area contributed by atoms with Crippen LogP contribution in [0.1, 0.15) is 31.9 Å². The smallest absolute Gasteiger partial charge is 0.410 e. The van der Waals surface area contributed by atoms with Gasteiger partial charge in [-0.3, -0.25) is 4.99 Å². The highest BCUT2D eigenvalue weighted by Gasteiger charge is 2.19. The van der Waals surface area contributed by atoms with Crippen molar-refractivity contribution >= 4 is 36.0 Å². The number of likely N-dealkylation sites (N-methyl/N-ethyl adjacent to an activating group) is 1. The average molecular weight is 462 g/mol. The van der Waals surface area contributed by atoms with Crippen molar-refractivity contribution in [3.63, 3.8) is 0 Å². The number of guanidine groups is 1. The third-order valence-electron chi connectivity index (χ3n) is 3.21. The van der Waals surface area contributed by atoms with Crippen LogP contribution >= 0.6 is 24.0 Å². The monoisotopic (exact) mass is 462 g/mol. The SMILES string of the molecule is CN=C(NCCN(C)C(=O)OC(C)(C)C)NCc1cccc(C)c1.I. The number of hydrogen-bond acceptors (Lipinski definition) is 3. The Morgan fingerprint density at radius 3 is 2.52 bits per heavy atom. The van der Waals surface area contributed by atoms with Crippen LogP contribution in [0.2, 0.25) is 0 Å². The van der Waals surface area contributed by atoms with Crippen LogP contribution in [0.4, 0.5) is 4.79 Å². The number of nitrogens with zero attached hydrogens (tertiary/aromatic N) is 2. The van der Waals surface area contributed by atoms with Gasteiger partial charge in [0.25, 0.3) is 0 Å². The van der Waals surface area contributed by atoms with Gasteiger partial charge in [0.2, 0.25) is 0 Å². The summed E-state index contributed by atoms with van der Waals surface area (Å²) in [5.74, 6) is 0.703. The molecule has 0 fully saturated rings. The van der Waals surface area contributed by atoms with E-state index in [1.54, 1.807) is 19.0 Å². The van der Waals surface area contributed by atoms with E-state index in [0.717, 1.165) is 0 Å². The molecule has 2 N–H and O–H groups in total. The molecule has 0 bridgehead atoms. The van der Waals surface area contributed by atoms with Crippen molar-refractivity contribution in [1.82, 2.24) is 15.5 Å². The Labute approximate surface area is 168 Å². The molecule has 6 nitrogen and oxygen atoms in total. The lowest BCUT2D eigenvalue weighted by Gasteiger charge is -2.24. The molecule has 1 aromatic carbocycles. The molecule has 0 aliphatic heterocycles. The number of aliphatic imine (C=N–C) groups is 1. The largest absolute Gasteiger partial charge is 0.444 e. The molecule has 1 amide bonds. The van der Waals surface area contributed by atoms with Crippen molar-refractivity contribution < 1.29 is 9.53 Å². The first-order valence-corrected chi connectivity index (χ1v) is 8.15. The highest BCUT2D eigenvalue weighted by atomic mass is 127. The van der Waals surface area contributed by atoms with Crippen molar-refractivity contribution in [2.75, 3.05) is 27.2 Å². The van der Waals surface area contributed by atoms with E-state index in [1.807, 2.05) is 26.8 Å². The Kier molecular flexibility index (Phi) is 10.5. The molecule has 25 heavy (non-hydrogen) atoms. The van der Waals surface area contributed by atoms with Gasteiger partial charge in [0, 0.05) is 33.7 Å². The Hall–Kier alpha value is -1.51. The molecule has 7 heteroatoms. The van der Waals surface area contributed by atoms with E-state index in [0.29, 0.717) is 25.6 Å². The van der Waals surface area contributed by atoms with Crippen LogP contribution in [-0.2, 0) is 11.3 Å². The number of ether oxygens (including phenoxy) is 1. The van der Waals surface area contributed by atoms with Crippen LogP contribution in [-0.4, -0.2) is 49.7 Å². The summed E-state index contributed by atoms with van der Waals surface area (Å²) in [7, 11) is 3.45. The molecule has 0 aromatic heterocycles. The summed E-state index contributed by atoms with van der Waals surface area (Å²) in [5.41, 5.74) is 1.95. The number of aryl methyl sites for hydroxylation is 1. The van der Waals surface area contributed by atoms with Crippen LogP contribution in [0.3, 0.4) is 0 Å². The normalized spacial score (nSPS) is 11.4.